The van der Waals surface area contributed by atoms with Gasteiger partial charge in [0.05, 0.1) is 0 Å². The van der Waals surface area contributed by atoms with Gasteiger partial charge < -0.3 is 10.6 Å². The second-order valence-corrected chi connectivity index (χ2v) is 5.27. The maximum absolute atomic E-state index is 12.6. The molecule has 20 heavy (non-hydrogen) atoms. The molecule has 0 atom stereocenters. The Morgan fingerprint density at radius 1 is 1.05 bits per heavy atom. The molecule has 3 heteroatoms. The summed E-state index contributed by atoms with van der Waals surface area (Å²) in [5, 5.41) is 0. The normalized spacial score (nSPS) is 14.0. The lowest BCUT2D eigenvalue weighted by Crippen LogP contribution is -2.32. The molecular weight excluding hydrogens is 248 g/mol. The number of carbonyl (C=O) groups excluding carboxylic acids is 1. The lowest BCUT2D eigenvalue weighted by molar-refractivity contribution is 0.0730. The molecule has 0 aliphatic heterocycles. The Kier molecular flexibility index (Phi) is 3.42. The second-order valence-electron chi connectivity index (χ2n) is 5.27. The molecule has 102 valence electrons. The Morgan fingerprint density at radius 3 is 2.30 bits per heavy atom. The van der Waals surface area contributed by atoms with E-state index in [4.69, 9.17) is 5.73 Å². The monoisotopic (exact) mass is 266 g/mol. The molecule has 3 nitrogen and oxygen atoms in total. The molecule has 0 radical (unpaired) electrons. The summed E-state index contributed by atoms with van der Waals surface area (Å²) in [6, 6.07) is 17.7. The summed E-state index contributed by atoms with van der Waals surface area (Å²) < 4.78 is 0. The quantitative estimate of drug-likeness (QED) is 0.864. The Labute approximate surface area is 119 Å². The van der Waals surface area contributed by atoms with Crippen molar-refractivity contribution in [2.24, 2.45) is 0 Å². The fourth-order valence-electron chi connectivity index (χ4n) is 2.32. The van der Waals surface area contributed by atoms with E-state index in [2.05, 4.69) is 12.1 Å². The van der Waals surface area contributed by atoms with Gasteiger partial charge in [-0.1, -0.05) is 30.3 Å². The number of hydrogen-bond acceptors (Lipinski definition) is 2. The maximum atomic E-state index is 12.6. The highest BCUT2D eigenvalue weighted by Crippen LogP contribution is 2.29. The number of anilines is 1. The first-order valence-corrected chi connectivity index (χ1v) is 6.94. The van der Waals surface area contributed by atoms with Crippen LogP contribution in [0.2, 0.25) is 0 Å². The first kappa shape index (κ1) is 12.7. The number of amides is 1. The molecule has 0 heterocycles. The highest BCUT2D eigenvalue weighted by atomic mass is 16.2. The van der Waals surface area contributed by atoms with Gasteiger partial charge in [-0.3, -0.25) is 4.79 Å². The zero-order valence-corrected chi connectivity index (χ0v) is 11.3. The van der Waals surface area contributed by atoms with E-state index in [0.717, 1.165) is 12.8 Å². The van der Waals surface area contributed by atoms with Crippen molar-refractivity contribution in [2.45, 2.75) is 25.4 Å². The van der Waals surface area contributed by atoms with Crippen LogP contribution in [-0.2, 0) is 6.54 Å². The van der Waals surface area contributed by atoms with Gasteiger partial charge in [-0.05, 0) is 42.7 Å². The third-order valence-electron chi connectivity index (χ3n) is 3.60. The molecular formula is C17H18N2O. The Hall–Kier alpha value is -2.29. The van der Waals surface area contributed by atoms with E-state index in [0.29, 0.717) is 23.8 Å². The van der Waals surface area contributed by atoms with Gasteiger partial charge in [-0.2, -0.15) is 0 Å². The van der Waals surface area contributed by atoms with E-state index >= 15 is 0 Å². The van der Waals surface area contributed by atoms with Crippen molar-refractivity contribution in [3.8, 4) is 0 Å². The summed E-state index contributed by atoms with van der Waals surface area (Å²) >= 11 is 0. The van der Waals surface area contributed by atoms with Crippen LogP contribution in [0.4, 0.5) is 5.69 Å². The van der Waals surface area contributed by atoms with Crippen molar-refractivity contribution in [3.63, 3.8) is 0 Å². The standard InChI is InChI=1S/C17H18N2O/c18-15-8-6-14(7-9-15)17(20)19(16-10-11-16)12-13-4-2-1-3-5-13/h1-9,16H,10-12,18H2. The van der Waals surface area contributed by atoms with Crippen molar-refractivity contribution >= 4 is 11.6 Å². The van der Waals surface area contributed by atoms with Gasteiger partial charge in [0, 0.05) is 23.8 Å². The largest absolute Gasteiger partial charge is 0.399 e. The van der Waals surface area contributed by atoms with E-state index in [9.17, 15) is 4.79 Å². The fraction of sp³-hybridized carbons (Fsp3) is 0.235. The highest BCUT2D eigenvalue weighted by molar-refractivity contribution is 5.94. The lowest BCUT2D eigenvalue weighted by Gasteiger charge is -2.22. The minimum atomic E-state index is 0.0938. The van der Waals surface area contributed by atoms with E-state index in [1.807, 2.05) is 23.1 Å². The summed E-state index contributed by atoms with van der Waals surface area (Å²) in [7, 11) is 0. The number of hydrogen-bond donors (Lipinski definition) is 1. The van der Waals surface area contributed by atoms with Crippen molar-refractivity contribution in [1.82, 2.24) is 4.90 Å². The molecule has 0 aromatic heterocycles. The predicted octanol–water partition coefficient (Wildman–Crippen LogP) is 3.07. The molecule has 2 aromatic rings. The summed E-state index contributed by atoms with van der Waals surface area (Å²) in [6.07, 6.45) is 2.21. The Bertz CT molecular complexity index is 588. The summed E-state index contributed by atoms with van der Waals surface area (Å²) in [6.45, 7) is 0.675. The number of carbonyl (C=O) groups is 1. The van der Waals surface area contributed by atoms with Gasteiger partial charge in [-0.15, -0.1) is 0 Å². The average molecular weight is 266 g/mol. The van der Waals surface area contributed by atoms with Crippen LogP contribution in [0.5, 0.6) is 0 Å². The molecule has 2 aromatic carbocycles. The minimum absolute atomic E-state index is 0.0938. The molecule has 1 aliphatic rings. The van der Waals surface area contributed by atoms with Crippen LogP contribution < -0.4 is 5.73 Å². The highest BCUT2D eigenvalue weighted by Gasteiger charge is 2.32. The Balaban J connectivity index is 1.80. The van der Waals surface area contributed by atoms with Gasteiger partial charge in [0.15, 0.2) is 0 Å². The molecule has 1 amide bonds. The summed E-state index contributed by atoms with van der Waals surface area (Å²) in [5.74, 6) is 0.0938. The SMILES string of the molecule is Nc1ccc(C(=O)N(Cc2ccccc2)C2CC2)cc1. The molecule has 3 rings (SSSR count). The van der Waals surface area contributed by atoms with E-state index in [1.165, 1.54) is 5.56 Å². The second kappa shape index (κ2) is 5.37. The van der Waals surface area contributed by atoms with Crippen LogP contribution in [0.3, 0.4) is 0 Å². The van der Waals surface area contributed by atoms with E-state index in [1.54, 1.807) is 24.3 Å². The van der Waals surface area contributed by atoms with Crippen molar-refractivity contribution in [1.29, 1.82) is 0 Å². The number of benzene rings is 2. The molecule has 1 aliphatic carbocycles. The van der Waals surface area contributed by atoms with Gasteiger partial charge in [0.25, 0.3) is 5.91 Å². The minimum Gasteiger partial charge on any atom is -0.399 e. The topological polar surface area (TPSA) is 46.3 Å². The van der Waals surface area contributed by atoms with Crippen molar-refractivity contribution in [3.05, 3.63) is 65.7 Å². The van der Waals surface area contributed by atoms with Crippen molar-refractivity contribution < 1.29 is 4.79 Å². The van der Waals surface area contributed by atoms with Crippen molar-refractivity contribution in [2.75, 3.05) is 5.73 Å². The van der Waals surface area contributed by atoms with Gasteiger partial charge in [-0.25, -0.2) is 0 Å². The van der Waals surface area contributed by atoms with Crippen LogP contribution in [0.1, 0.15) is 28.8 Å². The van der Waals surface area contributed by atoms with Gasteiger partial charge in [0.1, 0.15) is 0 Å². The number of nitrogens with two attached hydrogens (primary N) is 1. The lowest BCUT2D eigenvalue weighted by atomic mass is 10.1. The third kappa shape index (κ3) is 2.82. The number of nitrogen functional groups attached to an aromatic ring is 1. The molecule has 0 spiro atoms. The zero-order valence-electron chi connectivity index (χ0n) is 11.3. The van der Waals surface area contributed by atoms with Crippen LogP contribution in [0.25, 0.3) is 0 Å². The first-order valence-electron chi connectivity index (χ1n) is 6.94. The third-order valence-corrected chi connectivity index (χ3v) is 3.60. The molecule has 1 fully saturated rings. The van der Waals surface area contributed by atoms with Crippen LogP contribution in [-0.4, -0.2) is 16.8 Å². The predicted molar refractivity (Wildman–Crippen MR) is 80.2 cm³/mol. The van der Waals surface area contributed by atoms with E-state index in [-0.39, 0.29) is 5.91 Å². The van der Waals surface area contributed by atoms with Gasteiger partial charge in [0.2, 0.25) is 0 Å². The van der Waals surface area contributed by atoms with E-state index < -0.39 is 0 Å². The molecule has 0 bridgehead atoms. The zero-order chi connectivity index (χ0) is 13.9. The average Bonchev–Trinajstić information content (AvgIpc) is 3.30. The first-order chi connectivity index (χ1) is 9.74. The number of rotatable bonds is 4. The van der Waals surface area contributed by atoms with Crippen LogP contribution in [0, 0.1) is 0 Å². The molecule has 0 unspecified atom stereocenters. The van der Waals surface area contributed by atoms with Crippen LogP contribution >= 0.6 is 0 Å². The summed E-state index contributed by atoms with van der Waals surface area (Å²) in [5.41, 5.74) is 8.24. The molecule has 1 saturated carbocycles. The van der Waals surface area contributed by atoms with Gasteiger partial charge >= 0.3 is 0 Å². The van der Waals surface area contributed by atoms with Crippen LogP contribution in [0.15, 0.2) is 54.6 Å². The molecule has 0 saturated heterocycles. The fourth-order valence-corrected chi connectivity index (χ4v) is 2.32. The summed E-state index contributed by atoms with van der Waals surface area (Å²) in [4.78, 5) is 14.6. The smallest absolute Gasteiger partial charge is 0.254 e. The number of nitrogens with zero attached hydrogens (tertiary/aromatic N) is 1. The Morgan fingerprint density at radius 2 is 1.70 bits per heavy atom. The molecule has 2 N–H and O–H groups in total. The maximum Gasteiger partial charge on any atom is 0.254 e.